The van der Waals surface area contributed by atoms with Gasteiger partial charge in [-0.25, -0.2) is 13.4 Å². The van der Waals surface area contributed by atoms with E-state index in [1.165, 1.54) is 20.0 Å². The maximum Gasteiger partial charge on any atom is 0.261 e. The molecule has 1 rings (SSSR count). The molecule has 106 valence electrons. The van der Waals surface area contributed by atoms with Gasteiger partial charge < -0.3 is 11.1 Å². The van der Waals surface area contributed by atoms with Crippen molar-refractivity contribution < 1.29 is 13.2 Å². The summed E-state index contributed by atoms with van der Waals surface area (Å²) >= 11 is 0. The zero-order valence-corrected chi connectivity index (χ0v) is 11.9. The second kappa shape index (κ2) is 5.54. The van der Waals surface area contributed by atoms with Gasteiger partial charge in [0.1, 0.15) is 5.54 Å². The number of aromatic nitrogens is 1. The highest BCUT2D eigenvalue weighted by molar-refractivity contribution is 7.89. The van der Waals surface area contributed by atoms with Crippen molar-refractivity contribution in [2.24, 2.45) is 5.73 Å². The zero-order valence-electron chi connectivity index (χ0n) is 11.1. The third-order valence-electron chi connectivity index (χ3n) is 2.40. The van der Waals surface area contributed by atoms with Crippen molar-refractivity contribution in [3.8, 4) is 0 Å². The predicted octanol–water partition coefficient (Wildman–Crippen LogP) is 0.0556. The summed E-state index contributed by atoms with van der Waals surface area (Å²) in [5, 5.41) is 2.74. The SMILES string of the molecule is CCNc1cccnc1S(=O)(=O)NC(C)(C)C(N)=O. The molecule has 4 N–H and O–H groups in total. The molecule has 0 fully saturated rings. The van der Waals surface area contributed by atoms with Crippen LogP contribution < -0.4 is 15.8 Å². The summed E-state index contributed by atoms with van der Waals surface area (Å²) in [7, 11) is -3.94. The van der Waals surface area contributed by atoms with E-state index in [4.69, 9.17) is 5.73 Å². The van der Waals surface area contributed by atoms with Crippen LogP contribution in [-0.2, 0) is 14.8 Å². The van der Waals surface area contributed by atoms with E-state index in [1.807, 2.05) is 6.92 Å². The van der Waals surface area contributed by atoms with Crippen LogP contribution in [0.2, 0.25) is 0 Å². The first kappa shape index (κ1) is 15.4. The lowest BCUT2D eigenvalue weighted by molar-refractivity contribution is -0.122. The van der Waals surface area contributed by atoms with E-state index in [-0.39, 0.29) is 5.03 Å². The van der Waals surface area contributed by atoms with Gasteiger partial charge in [-0.1, -0.05) is 0 Å². The number of nitrogens with one attached hydrogen (secondary N) is 2. The molecular weight excluding hydrogens is 268 g/mol. The smallest absolute Gasteiger partial charge is 0.261 e. The normalized spacial score (nSPS) is 12.2. The lowest BCUT2D eigenvalue weighted by Crippen LogP contribution is -2.53. The predicted molar refractivity (Wildman–Crippen MR) is 72.0 cm³/mol. The quantitative estimate of drug-likeness (QED) is 0.684. The van der Waals surface area contributed by atoms with Gasteiger partial charge in [-0.05, 0) is 32.9 Å². The minimum atomic E-state index is -3.94. The lowest BCUT2D eigenvalue weighted by Gasteiger charge is -2.22. The van der Waals surface area contributed by atoms with Crippen molar-refractivity contribution in [2.75, 3.05) is 11.9 Å². The number of pyridine rings is 1. The minimum absolute atomic E-state index is 0.161. The van der Waals surface area contributed by atoms with Crippen molar-refractivity contribution in [3.05, 3.63) is 18.3 Å². The maximum absolute atomic E-state index is 12.2. The van der Waals surface area contributed by atoms with Gasteiger partial charge in [0.15, 0.2) is 5.03 Å². The van der Waals surface area contributed by atoms with Gasteiger partial charge in [-0.3, -0.25) is 4.79 Å². The molecule has 1 heterocycles. The summed E-state index contributed by atoms with van der Waals surface area (Å²) in [6.45, 7) is 5.17. The minimum Gasteiger partial charge on any atom is -0.383 e. The van der Waals surface area contributed by atoms with Crippen LogP contribution in [0.4, 0.5) is 5.69 Å². The van der Waals surface area contributed by atoms with Gasteiger partial charge in [-0.2, -0.15) is 4.72 Å². The Bertz CT molecular complexity index is 569. The topological polar surface area (TPSA) is 114 Å². The Hall–Kier alpha value is -1.67. The van der Waals surface area contributed by atoms with Crippen LogP contribution in [0.15, 0.2) is 23.4 Å². The van der Waals surface area contributed by atoms with E-state index in [0.29, 0.717) is 12.2 Å². The zero-order chi connectivity index (χ0) is 14.7. The molecule has 0 atom stereocenters. The Morgan fingerprint density at radius 2 is 2.11 bits per heavy atom. The second-order valence-electron chi connectivity index (χ2n) is 4.48. The van der Waals surface area contributed by atoms with Crippen LogP contribution in [0.1, 0.15) is 20.8 Å². The summed E-state index contributed by atoms with van der Waals surface area (Å²) in [6, 6.07) is 3.22. The Morgan fingerprint density at radius 3 is 2.63 bits per heavy atom. The van der Waals surface area contributed by atoms with Gasteiger partial charge in [0.2, 0.25) is 5.91 Å². The third kappa shape index (κ3) is 3.65. The van der Waals surface area contributed by atoms with Crippen molar-refractivity contribution in [1.82, 2.24) is 9.71 Å². The molecule has 19 heavy (non-hydrogen) atoms. The number of sulfonamides is 1. The molecule has 1 aromatic rings. The number of anilines is 1. The number of nitrogens with two attached hydrogens (primary N) is 1. The van der Waals surface area contributed by atoms with Gasteiger partial charge in [0, 0.05) is 12.7 Å². The highest BCUT2D eigenvalue weighted by atomic mass is 32.2. The highest BCUT2D eigenvalue weighted by Gasteiger charge is 2.33. The van der Waals surface area contributed by atoms with Crippen molar-refractivity contribution >= 4 is 21.6 Å². The first-order chi connectivity index (χ1) is 8.70. The maximum atomic E-state index is 12.2. The second-order valence-corrected chi connectivity index (χ2v) is 6.08. The summed E-state index contributed by atoms with van der Waals surface area (Å²) < 4.78 is 26.7. The van der Waals surface area contributed by atoms with Gasteiger partial charge in [0.25, 0.3) is 10.0 Å². The molecule has 1 aromatic heterocycles. The lowest BCUT2D eigenvalue weighted by atomic mass is 10.1. The molecule has 8 heteroatoms. The molecule has 0 aromatic carbocycles. The third-order valence-corrected chi connectivity index (χ3v) is 4.01. The summed E-state index contributed by atoms with van der Waals surface area (Å²) in [6.07, 6.45) is 1.37. The van der Waals surface area contributed by atoms with Gasteiger partial charge in [0.05, 0.1) is 5.69 Å². The molecule has 0 saturated carbocycles. The van der Waals surface area contributed by atoms with Crippen LogP contribution >= 0.6 is 0 Å². The molecular formula is C11H18N4O3S. The summed E-state index contributed by atoms with van der Waals surface area (Å²) in [4.78, 5) is 15.0. The molecule has 0 unspecified atom stereocenters. The van der Waals surface area contributed by atoms with Crippen LogP contribution in [0.3, 0.4) is 0 Å². The first-order valence-electron chi connectivity index (χ1n) is 5.73. The van der Waals surface area contributed by atoms with Gasteiger partial charge >= 0.3 is 0 Å². The average molecular weight is 286 g/mol. The number of carbonyl (C=O) groups excluding carboxylic acids is 1. The van der Waals surface area contributed by atoms with Gasteiger partial charge in [-0.15, -0.1) is 0 Å². The highest BCUT2D eigenvalue weighted by Crippen LogP contribution is 2.19. The van der Waals surface area contributed by atoms with E-state index in [2.05, 4.69) is 15.0 Å². The number of rotatable bonds is 6. The van der Waals surface area contributed by atoms with Crippen molar-refractivity contribution in [1.29, 1.82) is 0 Å². The first-order valence-corrected chi connectivity index (χ1v) is 7.22. The fraction of sp³-hybridized carbons (Fsp3) is 0.455. The Balaban J connectivity index is 3.18. The number of hydrogen-bond acceptors (Lipinski definition) is 5. The molecule has 0 aliphatic heterocycles. The standard InChI is InChI=1S/C11H18N4O3S/c1-4-13-8-6-5-7-14-9(8)19(17,18)15-11(2,3)10(12)16/h5-7,13,15H,4H2,1-3H3,(H2,12,16). The van der Waals surface area contributed by atoms with Crippen LogP contribution in [-0.4, -0.2) is 31.4 Å². The Morgan fingerprint density at radius 1 is 1.47 bits per heavy atom. The largest absolute Gasteiger partial charge is 0.383 e. The number of nitrogens with zero attached hydrogens (tertiary/aromatic N) is 1. The van der Waals surface area contributed by atoms with Crippen molar-refractivity contribution in [3.63, 3.8) is 0 Å². The Kier molecular flexibility index (Phi) is 4.48. The summed E-state index contributed by atoms with van der Waals surface area (Å²) in [5.41, 5.74) is 4.13. The number of carbonyl (C=O) groups is 1. The molecule has 0 spiro atoms. The fourth-order valence-electron chi connectivity index (χ4n) is 1.36. The molecule has 7 nitrogen and oxygen atoms in total. The molecule has 0 aliphatic rings. The molecule has 0 saturated heterocycles. The number of hydrogen-bond donors (Lipinski definition) is 3. The monoisotopic (exact) mass is 286 g/mol. The summed E-state index contributed by atoms with van der Waals surface area (Å²) in [5.74, 6) is -0.767. The Labute approximate surface area is 112 Å². The number of amides is 1. The molecule has 0 radical (unpaired) electrons. The van der Waals surface area contributed by atoms with E-state index >= 15 is 0 Å². The molecule has 1 amide bonds. The van der Waals surface area contributed by atoms with Crippen LogP contribution in [0, 0.1) is 0 Å². The average Bonchev–Trinajstić information content (AvgIpc) is 2.28. The van der Waals surface area contributed by atoms with E-state index in [9.17, 15) is 13.2 Å². The number of primary amides is 1. The van der Waals surface area contributed by atoms with Crippen LogP contribution in [0.5, 0.6) is 0 Å². The van der Waals surface area contributed by atoms with E-state index in [0.717, 1.165) is 0 Å². The fourth-order valence-corrected chi connectivity index (χ4v) is 2.86. The van der Waals surface area contributed by atoms with Crippen LogP contribution in [0.25, 0.3) is 0 Å². The van der Waals surface area contributed by atoms with E-state index < -0.39 is 21.5 Å². The molecule has 0 bridgehead atoms. The van der Waals surface area contributed by atoms with Crippen molar-refractivity contribution in [2.45, 2.75) is 31.3 Å². The van der Waals surface area contributed by atoms with E-state index in [1.54, 1.807) is 12.1 Å². The molecule has 0 aliphatic carbocycles.